The fourth-order valence-electron chi connectivity index (χ4n) is 2.57. The molecule has 0 radical (unpaired) electrons. The predicted octanol–water partition coefficient (Wildman–Crippen LogP) is 1.03. The van der Waals surface area contributed by atoms with E-state index in [-0.39, 0.29) is 0 Å². The lowest BCUT2D eigenvalue weighted by Crippen LogP contribution is -2.44. The molecule has 2 fully saturated rings. The number of nitrogens with one attached hydrogen (secondary N) is 1. The first-order valence-corrected chi connectivity index (χ1v) is 6.74. The lowest BCUT2D eigenvalue weighted by molar-refractivity contribution is 0.223. The van der Waals surface area contributed by atoms with Gasteiger partial charge >= 0.3 is 0 Å². The largest absolute Gasteiger partial charge is 0.313 e. The van der Waals surface area contributed by atoms with Crippen LogP contribution >= 0.6 is 11.8 Å². The predicted molar refractivity (Wildman–Crippen MR) is 59.3 cm³/mol. The van der Waals surface area contributed by atoms with Gasteiger partial charge in [0.05, 0.1) is 0 Å². The lowest BCUT2D eigenvalue weighted by Gasteiger charge is -2.31. The Hall–Kier alpha value is 0.270. The van der Waals surface area contributed by atoms with Crippen molar-refractivity contribution < 1.29 is 0 Å². The summed E-state index contributed by atoms with van der Waals surface area (Å²) in [5, 5.41) is 3.70. The number of hydrogen-bond acceptors (Lipinski definition) is 3. The van der Waals surface area contributed by atoms with Crippen LogP contribution in [0.2, 0.25) is 0 Å². The van der Waals surface area contributed by atoms with E-state index in [2.05, 4.69) is 16.5 Å². The van der Waals surface area contributed by atoms with Crippen molar-refractivity contribution in [1.29, 1.82) is 0 Å². The minimum absolute atomic E-state index is 0.825. The Labute approximate surface area is 85.4 Å². The van der Waals surface area contributed by atoms with Crippen LogP contribution in [-0.4, -0.2) is 49.1 Å². The minimum atomic E-state index is 0.825. The van der Waals surface area contributed by atoms with Crippen molar-refractivity contribution in [2.75, 3.05) is 38.2 Å². The molecule has 3 heteroatoms. The topological polar surface area (TPSA) is 15.3 Å². The van der Waals surface area contributed by atoms with Crippen molar-refractivity contribution in [1.82, 2.24) is 10.2 Å². The molecular formula is C10H20N2S. The van der Waals surface area contributed by atoms with Gasteiger partial charge < -0.3 is 10.2 Å². The Morgan fingerprint density at radius 3 is 3.08 bits per heavy atom. The molecule has 0 aromatic carbocycles. The number of thioether (sulfide) groups is 1. The van der Waals surface area contributed by atoms with Gasteiger partial charge in [-0.05, 0) is 38.1 Å². The van der Waals surface area contributed by atoms with Crippen molar-refractivity contribution >= 4 is 11.8 Å². The van der Waals surface area contributed by atoms with Crippen LogP contribution in [0.3, 0.4) is 0 Å². The quantitative estimate of drug-likeness (QED) is 0.683. The van der Waals surface area contributed by atoms with Crippen LogP contribution < -0.4 is 5.32 Å². The van der Waals surface area contributed by atoms with E-state index in [9.17, 15) is 0 Å². The molecule has 3 unspecified atom stereocenters. The van der Waals surface area contributed by atoms with Gasteiger partial charge in [0, 0.05) is 24.9 Å². The molecule has 1 N–H and O–H groups in total. The maximum atomic E-state index is 3.70. The summed E-state index contributed by atoms with van der Waals surface area (Å²) in [5.41, 5.74) is 0. The van der Waals surface area contributed by atoms with E-state index in [1.165, 1.54) is 44.8 Å². The standard InChI is InChI=1S/C10H20N2S/c1-13-7-4-11-10-3-6-12-5-2-9(10)8-12/h9-11H,2-8H2,1H3. The van der Waals surface area contributed by atoms with Gasteiger partial charge in [-0.15, -0.1) is 0 Å². The second-order valence-electron chi connectivity index (χ2n) is 4.19. The fraction of sp³-hybridized carbons (Fsp3) is 1.00. The molecule has 2 aliphatic heterocycles. The highest BCUT2D eigenvalue weighted by Crippen LogP contribution is 2.26. The number of piperidine rings is 1. The van der Waals surface area contributed by atoms with Crippen molar-refractivity contribution in [2.45, 2.75) is 18.9 Å². The van der Waals surface area contributed by atoms with E-state index in [0.29, 0.717) is 0 Å². The van der Waals surface area contributed by atoms with Crippen molar-refractivity contribution in [3.63, 3.8) is 0 Å². The maximum Gasteiger partial charge on any atom is 0.0120 e. The Balaban J connectivity index is 1.73. The molecule has 3 atom stereocenters. The zero-order valence-corrected chi connectivity index (χ0v) is 9.28. The first kappa shape index (κ1) is 9.81. The number of hydrogen-bond donors (Lipinski definition) is 1. The molecule has 76 valence electrons. The zero-order chi connectivity index (χ0) is 9.10. The zero-order valence-electron chi connectivity index (χ0n) is 8.46. The van der Waals surface area contributed by atoms with Crippen LogP contribution in [0.15, 0.2) is 0 Å². The summed E-state index contributed by atoms with van der Waals surface area (Å²) >= 11 is 1.94. The third-order valence-corrected chi connectivity index (χ3v) is 3.96. The average molecular weight is 200 g/mol. The van der Waals surface area contributed by atoms with Crippen molar-refractivity contribution in [3.05, 3.63) is 0 Å². The van der Waals surface area contributed by atoms with Gasteiger partial charge in [-0.2, -0.15) is 11.8 Å². The normalized spacial score (nSPS) is 38.1. The first-order chi connectivity index (χ1) is 6.40. The molecule has 2 heterocycles. The van der Waals surface area contributed by atoms with Crippen LogP contribution in [0.25, 0.3) is 0 Å². The molecule has 2 rings (SSSR count). The molecule has 0 amide bonds. The molecular weight excluding hydrogens is 180 g/mol. The van der Waals surface area contributed by atoms with E-state index in [1.54, 1.807) is 0 Å². The Bertz CT molecular complexity index is 163. The molecule has 0 aromatic rings. The number of nitrogens with zero attached hydrogens (tertiary/aromatic N) is 1. The average Bonchev–Trinajstić information content (AvgIpc) is 2.53. The highest BCUT2D eigenvalue weighted by Gasteiger charge is 2.33. The van der Waals surface area contributed by atoms with Crippen LogP contribution in [0.4, 0.5) is 0 Å². The maximum absolute atomic E-state index is 3.70. The van der Waals surface area contributed by atoms with E-state index >= 15 is 0 Å². The second kappa shape index (κ2) is 4.67. The summed E-state index contributed by atoms with van der Waals surface area (Å²) < 4.78 is 0. The Morgan fingerprint density at radius 1 is 1.38 bits per heavy atom. The van der Waals surface area contributed by atoms with E-state index in [1.807, 2.05) is 11.8 Å². The molecule has 0 aliphatic carbocycles. The number of fused-ring (bicyclic) bond motifs is 2. The summed E-state index contributed by atoms with van der Waals surface area (Å²) in [4.78, 5) is 2.61. The Morgan fingerprint density at radius 2 is 2.23 bits per heavy atom. The summed E-state index contributed by atoms with van der Waals surface area (Å²) in [6.45, 7) is 5.23. The molecule has 13 heavy (non-hydrogen) atoms. The van der Waals surface area contributed by atoms with Gasteiger partial charge in [0.15, 0.2) is 0 Å². The van der Waals surface area contributed by atoms with Crippen molar-refractivity contribution in [2.24, 2.45) is 5.92 Å². The van der Waals surface area contributed by atoms with Crippen molar-refractivity contribution in [3.8, 4) is 0 Å². The lowest BCUT2D eigenvalue weighted by atomic mass is 9.94. The molecule has 2 saturated heterocycles. The third kappa shape index (κ3) is 2.39. The first-order valence-electron chi connectivity index (χ1n) is 5.35. The molecule has 0 spiro atoms. The third-order valence-electron chi connectivity index (χ3n) is 3.35. The highest BCUT2D eigenvalue weighted by molar-refractivity contribution is 7.98. The van der Waals surface area contributed by atoms with Gasteiger partial charge in [-0.3, -0.25) is 0 Å². The molecule has 2 nitrogen and oxygen atoms in total. The molecule has 2 bridgehead atoms. The fourth-order valence-corrected chi connectivity index (χ4v) is 2.89. The minimum Gasteiger partial charge on any atom is -0.313 e. The van der Waals surface area contributed by atoms with Gasteiger partial charge in [-0.25, -0.2) is 0 Å². The second-order valence-corrected chi connectivity index (χ2v) is 5.18. The van der Waals surface area contributed by atoms with Gasteiger partial charge in [0.2, 0.25) is 0 Å². The van der Waals surface area contributed by atoms with Gasteiger partial charge in [-0.1, -0.05) is 0 Å². The van der Waals surface area contributed by atoms with E-state index in [0.717, 1.165) is 12.0 Å². The molecule has 0 saturated carbocycles. The van der Waals surface area contributed by atoms with Crippen LogP contribution in [-0.2, 0) is 0 Å². The molecule has 2 aliphatic rings. The summed E-state index contributed by atoms with van der Waals surface area (Å²) in [7, 11) is 0. The van der Waals surface area contributed by atoms with Gasteiger partial charge in [0.25, 0.3) is 0 Å². The van der Waals surface area contributed by atoms with Crippen LogP contribution in [0, 0.1) is 5.92 Å². The SMILES string of the molecule is CSCCNC1CCN2CCC1C2. The van der Waals surface area contributed by atoms with E-state index < -0.39 is 0 Å². The van der Waals surface area contributed by atoms with Crippen LogP contribution in [0.5, 0.6) is 0 Å². The Kier molecular flexibility index (Phi) is 3.52. The van der Waals surface area contributed by atoms with Crippen LogP contribution in [0.1, 0.15) is 12.8 Å². The summed E-state index contributed by atoms with van der Waals surface area (Å²) in [6.07, 6.45) is 4.98. The number of rotatable bonds is 4. The van der Waals surface area contributed by atoms with E-state index in [4.69, 9.17) is 0 Å². The highest BCUT2D eigenvalue weighted by atomic mass is 32.2. The molecule has 0 aromatic heterocycles. The van der Waals surface area contributed by atoms with Gasteiger partial charge in [0.1, 0.15) is 0 Å². The summed E-state index contributed by atoms with van der Waals surface area (Å²) in [6, 6.07) is 0.825. The summed E-state index contributed by atoms with van der Waals surface area (Å²) in [5.74, 6) is 2.21. The monoisotopic (exact) mass is 200 g/mol. The smallest absolute Gasteiger partial charge is 0.0120 e.